The SMILES string of the molecule is CCc1cc2c(N[C@H](C(=O)[O-])[C@H](C)CC)ncnc2s1. The van der Waals surface area contributed by atoms with Gasteiger partial charge in [0.25, 0.3) is 0 Å². The first-order chi connectivity index (χ1) is 9.56. The monoisotopic (exact) mass is 292 g/mol. The number of nitrogens with zero attached hydrogens (tertiary/aromatic N) is 2. The molecule has 0 aliphatic carbocycles. The number of carboxylic acids is 1. The van der Waals surface area contributed by atoms with E-state index >= 15 is 0 Å². The van der Waals surface area contributed by atoms with Crippen molar-refractivity contribution >= 4 is 33.3 Å². The van der Waals surface area contributed by atoms with Crippen LogP contribution in [0, 0.1) is 5.92 Å². The maximum Gasteiger partial charge on any atom is 0.138 e. The van der Waals surface area contributed by atoms with E-state index in [0.717, 1.165) is 23.1 Å². The molecule has 0 spiro atoms. The van der Waals surface area contributed by atoms with Gasteiger partial charge in [0.15, 0.2) is 0 Å². The highest BCUT2D eigenvalue weighted by Gasteiger charge is 2.19. The molecule has 0 bridgehead atoms. The molecule has 0 aromatic carbocycles. The Morgan fingerprint density at radius 1 is 1.45 bits per heavy atom. The highest BCUT2D eigenvalue weighted by atomic mass is 32.1. The quantitative estimate of drug-likeness (QED) is 0.879. The molecule has 20 heavy (non-hydrogen) atoms. The minimum atomic E-state index is -1.10. The van der Waals surface area contributed by atoms with Crippen molar-refractivity contribution in [3.63, 3.8) is 0 Å². The molecule has 0 saturated carbocycles. The Kier molecular flexibility index (Phi) is 4.54. The Morgan fingerprint density at radius 2 is 2.20 bits per heavy atom. The normalized spacial score (nSPS) is 14.2. The van der Waals surface area contributed by atoms with Crippen molar-refractivity contribution < 1.29 is 9.90 Å². The second-order valence-corrected chi connectivity index (χ2v) is 5.95. The van der Waals surface area contributed by atoms with Crippen LogP contribution >= 0.6 is 11.3 Å². The van der Waals surface area contributed by atoms with E-state index in [1.807, 2.05) is 19.9 Å². The molecule has 5 nitrogen and oxygen atoms in total. The molecule has 2 aromatic rings. The Balaban J connectivity index is 2.36. The van der Waals surface area contributed by atoms with Crippen LogP contribution in [0.3, 0.4) is 0 Å². The van der Waals surface area contributed by atoms with Crippen LogP contribution in [0.1, 0.15) is 32.1 Å². The van der Waals surface area contributed by atoms with Crippen molar-refractivity contribution in [2.24, 2.45) is 5.92 Å². The average Bonchev–Trinajstić information content (AvgIpc) is 2.87. The summed E-state index contributed by atoms with van der Waals surface area (Å²) in [5, 5.41) is 15.2. The van der Waals surface area contributed by atoms with E-state index in [4.69, 9.17) is 0 Å². The molecule has 2 aromatic heterocycles. The molecule has 2 rings (SSSR count). The van der Waals surface area contributed by atoms with Crippen LogP contribution in [0.25, 0.3) is 10.2 Å². The third kappa shape index (κ3) is 2.90. The largest absolute Gasteiger partial charge is 0.548 e. The molecule has 0 saturated heterocycles. The van der Waals surface area contributed by atoms with Crippen LogP contribution in [0.15, 0.2) is 12.4 Å². The first-order valence-electron chi connectivity index (χ1n) is 6.77. The zero-order chi connectivity index (χ0) is 14.7. The van der Waals surface area contributed by atoms with Gasteiger partial charge in [0.2, 0.25) is 0 Å². The van der Waals surface area contributed by atoms with Crippen LogP contribution in [-0.2, 0) is 11.2 Å². The van der Waals surface area contributed by atoms with Gasteiger partial charge in [-0.3, -0.25) is 0 Å². The van der Waals surface area contributed by atoms with E-state index in [9.17, 15) is 9.90 Å². The van der Waals surface area contributed by atoms with Crippen molar-refractivity contribution in [2.75, 3.05) is 5.32 Å². The summed E-state index contributed by atoms with van der Waals surface area (Å²) in [7, 11) is 0. The van der Waals surface area contributed by atoms with Crippen LogP contribution < -0.4 is 10.4 Å². The molecule has 0 amide bonds. The maximum atomic E-state index is 11.3. The lowest BCUT2D eigenvalue weighted by Gasteiger charge is -2.25. The second-order valence-electron chi connectivity index (χ2n) is 4.83. The number of hydrogen-bond donors (Lipinski definition) is 1. The number of aromatic nitrogens is 2. The molecule has 0 aliphatic rings. The zero-order valence-electron chi connectivity index (χ0n) is 11.8. The number of rotatable bonds is 6. The van der Waals surface area contributed by atoms with E-state index in [1.54, 1.807) is 11.3 Å². The van der Waals surface area contributed by atoms with Gasteiger partial charge in [-0.05, 0) is 18.4 Å². The fraction of sp³-hybridized carbons (Fsp3) is 0.500. The highest BCUT2D eigenvalue weighted by Crippen LogP contribution is 2.29. The molecule has 2 heterocycles. The van der Waals surface area contributed by atoms with Gasteiger partial charge in [-0.2, -0.15) is 0 Å². The molecule has 0 aliphatic heterocycles. The predicted molar refractivity (Wildman–Crippen MR) is 78.7 cm³/mol. The molecule has 108 valence electrons. The summed E-state index contributed by atoms with van der Waals surface area (Å²) in [5.74, 6) is -0.563. The first-order valence-corrected chi connectivity index (χ1v) is 7.59. The summed E-state index contributed by atoms with van der Waals surface area (Å²) >= 11 is 1.61. The van der Waals surface area contributed by atoms with Gasteiger partial charge in [-0.15, -0.1) is 11.3 Å². The van der Waals surface area contributed by atoms with Gasteiger partial charge >= 0.3 is 0 Å². The third-order valence-corrected chi connectivity index (χ3v) is 4.68. The number of carbonyl (C=O) groups is 1. The molecular formula is C14H18N3O2S-. The van der Waals surface area contributed by atoms with Crippen LogP contribution in [0.4, 0.5) is 5.82 Å². The van der Waals surface area contributed by atoms with Crippen molar-refractivity contribution in [1.29, 1.82) is 0 Å². The maximum absolute atomic E-state index is 11.3. The lowest BCUT2D eigenvalue weighted by Crippen LogP contribution is -2.45. The minimum Gasteiger partial charge on any atom is -0.548 e. The average molecular weight is 292 g/mol. The lowest BCUT2D eigenvalue weighted by molar-refractivity contribution is -0.307. The van der Waals surface area contributed by atoms with Gasteiger partial charge in [0.1, 0.15) is 17.0 Å². The molecule has 0 unspecified atom stereocenters. The molecule has 0 radical (unpaired) electrons. The van der Waals surface area contributed by atoms with E-state index in [-0.39, 0.29) is 5.92 Å². The fourth-order valence-electron chi connectivity index (χ4n) is 2.01. The number of fused-ring (bicyclic) bond motifs is 1. The number of nitrogens with one attached hydrogen (secondary N) is 1. The standard InChI is InChI=1S/C14H19N3O2S/c1-4-8(3)11(14(18)19)17-12-10-6-9(5-2)20-13(10)16-7-15-12/h6-8,11H,4-5H2,1-3H3,(H,18,19)(H,15,16,17)/p-1/t8-,11+/m1/s1. The summed E-state index contributed by atoms with van der Waals surface area (Å²) in [4.78, 5) is 21.8. The number of carboxylic acid groups (broad SMARTS) is 1. The Labute approximate surface area is 122 Å². The lowest BCUT2D eigenvalue weighted by atomic mass is 9.99. The number of anilines is 1. The molecule has 0 fully saturated rings. The van der Waals surface area contributed by atoms with E-state index in [1.165, 1.54) is 11.2 Å². The van der Waals surface area contributed by atoms with E-state index < -0.39 is 12.0 Å². The number of hydrogen-bond acceptors (Lipinski definition) is 6. The fourth-order valence-corrected chi connectivity index (χ4v) is 2.95. The van der Waals surface area contributed by atoms with Crippen molar-refractivity contribution in [2.45, 2.75) is 39.7 Å². The smallest absolute Gasteiger partial charge is 0.138 e. The van der Waals surface area contributed by atoms with Gasteiger partial charge in [-0.25, -0.2) is 9.97 Å². The van der Waals surface area contributed by atoms with E-state index in [2.05, 4.69) is 22.2 Å². The molecule has 6 heteroatoms. The highest BCUT2D eigenvalue weighted by molar-refractivity contribution is 7.18. The third-order valence-electron chi connectivity index (χ3n) is 3.49. The van der Waals surface area contributed by atoms with Crippen molar-refractivity contribution in [3.05, 3.63) is 17.3 Å². The summed E-state index contributed by atoms with van der Waals surface area (Å²) < 4.78 is 0. The van der Waals surface area contributed by atoms with Gasteiger partial charge in [-0.1, -0.05) is 27.2 Å². The minimum absolute atomic E-state index is 0.0331. The Hall–Kier alpha value is -1.69. The predicted octanol–water partition coefficient (Wildman–Crippen LogP) is 1.83. The number of carbonyl (C=O) groups excluding carboxylic acids is 1. The number of thiophene rings is 1. The molecule has 2 atom stereocenters. The van der Waals surface area contributed by atoms with Crippen molar-refractivity contribution in [3.8, 4) is 0 Å². The summed E-state index contributed by atoms with van der Waals surface area (Å²) in [6, 6.07) is 1.27. The number of aryl methyl sites for hydroxylation is 1. The summed E-state index contributed by atoms with van der Waals surface area (Å²) in [6.45, 7) is 5.92. The van der Waals surface area contributed by atoms with E-state index in [0.29, 0.717) is 5.82 Å². The van der Waals surface area contributed by atoms with Crippen LogP contribution in [-0.4, -0.2) is 22.0 Å². The van der Waals surface area contributed by atoms with Gasteiger partial charge < -0.3 is 15.2 Å². The number of aliphatic carboxylic acids is 1. The van der Waals surface area contributed by atoms with Gasteiger partial charge in [0.05, 0.1) is 17.4 Å². The van der Waals surface area contributed by atoms with Crippen LogP contribution in [0.2, 0.25) is 0 Å². The summed E-state index contributed by atoms with van der Waals surface area (Å²) in [6.07, 6.45) is 3.14. The van der Waals surface area contributed by atoms with Gasteiger partial charge in [0, 0.05) is 4.88 Å². The zero-order valence-corrected chi connectivity index (χ0v) is 12.7. The van der Waals surface area contributed by atoms with Crippen molar-refractivity contribution in [1.82, 2.24) is 9.97 Å². The second kappa shape index (κ2) is 6.17. The Morgan fingerprint density at radius 3 is 2.80 bits per heavy atom. The molecular weight excluding hydrogens is 274 g/mol. The summed E-state index contributed by atoms with van der Waals surface area (Å²) in [5.41, 5.74) is 0. The molecule has 1 N–H and O–H groups in total. The topological polar surface area (TPSA) is 77.9 Å². The first kappa shape index (κ1) is 14.7. The van der Waals surface area contributed by atoms with Crippen LogP contribution in [0.5, 0.6) is 0 Å². The Bertz CT molecular complexity index is 611.